The van der Waals surface area contributed by atoms with E-state index in [0.29, 0.717) is 16.6 Å². The molecule has 0 fully saturated rings. The molecule has 1 heterocycles. The summed E-state index contributed by atoms with van der Waals surface area (Å²) in [4.78, 5) is 15.7. The summed E-state index contributed by atoms with van der Waals surface area (Å²) in [5, 5.41) is 5.04. The highest BCUT2D eigenvalue weighted by atomic mass is 79.9. The maximum atomic E-state index is 11.7. The van der Waals surface area contributed by atoms with Crippen molar-refractivity contribution in [2.24, 2.45) is 0 Å². The smallest absolute Gasteiger partial charge is 0.250 e. The van der Waals surface area contributed by atoms with Crippen LogP contribution in [-0.4, -0.2) is 25.1 Å². The van der Waals surface area contributed by atoms with Gasteiger partial charge in [0.05, 0.1) is 18.7 Å². The van der Waals surface area contributed by atoms with Crippen LogP contribution in [0.2, 0.25) is 0 Å². The lowest BCUT2D eigenvalue weighted by atomic mass is 10.2. The number of thiazole rings is 1. The van der Waals surface area contributed by atoms with E-state index in [4.69, 9.17) is 9.47 Å². The van der Waals surface area contributed by atoms with Crippen molar-refractivity contribution in [3.8, 4) is 11.5 Å². The minimum absolute atomic E-state index is 0.240. The highest BCUT2D eigenvalue weighted by Crippen LogP contribution is 2.36. The molecular weight excluding hydrogens is 356 g/mol. The highest BCUT2D eigenvalue weighted by Gasteiger charge is 2.09. The molecule has 2 rings (SSSR count). The normalized spacial score (nSPS) is 10.6. The van der Waals surface area contributed by atoms with Crippen LogP contribution in [-0.2, 0) is 4.79 Å². The molecule has 0 spiro atoms. The fourth-order valence-electron chi connectivity index (χ4n) is 1.64. The topological polar surface area (TPSA) is 60.5 Å². The molecule has 1 N–H and O–H groups in total. The van der Waals surface area contributed by atoms with E-state index in [1.54, 1.807) is 37.9 Å². The van der Waals surface area contributed by atoms with E-state index in [2.05, 4.69) is 26.2 Å². The van der Waals surface area contributed by atoms with Crippen LogP contribution in [0.3, 0.4) is 0 Å². The van der Waals surface area contributed by atoms with E-state index in [1.807, 2.05) is 6.07 Å². The van der Waals surface area contributed by atoms with Gasteiger partial charge in [0.1, 0.15) is 0 Å². The summed E-state index contributed by atoms with van der Waals surface area (Å²) in [5.74, 6) is 0.963. The Bertz CT molecular complexity index is 656. The summed E-state index contributed by atoms with van der Waals surface area (Å²) in [6, 6.07) is 3.63. The first-order valence-corrected chi connectivity index (χ1v) is 7.61. The number of carbonyl (C=O) groups excluding carboxylic acids is 1. The number of nitrogens with one attached hydrogen (secondary N) is 1. The van der Waals surface area contributed by atoms with Crippen molar-refractivity contribution in [1.29, 1.82) is 0 Å². The first kappa shape index (κ1) is 15.5. The van der Waals surface area contributed by atoms with Crippen molar-refractivity contribution >= 4 is 44.4 Å². The quantitative estimate of drug-likeness (QED) is 0.819. The van der Waals surface area contributed by atoms with Gasteiger partial charge in [-0.2, -0.15) is 0 Å². The number of benzene rings is 1. The van der Waals surface area contributed by atoms with Gasteiger partial charge in [-0.15, -0.1) is 11.3 Å². The number of hydrogen-bond donors (Lipinski definition) is 1. The van der Waals surface area contributed by atoms with Crippen molar-refractivity contribution < 1.29 is 14.3 Å². The Labute approximate surface area is 134 Å². The van der Waals surface area contributed by atoms with E-state index in [-0.39, 0.29) is 5.91 Å². The zero-order chi connectivity index (χ0) is 15.2. The molecule has 5 nitrogen and oxygen atoms in total. The SMILES string of the molecule is COc1cc(C=CC(=O)Nc2nccs2)cc(Br)c1OC. The Morgan fingerprint density at radius 1 is 1.38 bits per heavy atom. The van der Waals surface area contributed by atoms with Crippen molar-refractivity contribution in [3.63, 3.8) is 0 Å². The number of anilines is 1. The van der Waals surface area contributed by atoms with Crippen molar-refractivity contribution in [2.75, 3.05) is 19.5 Å². The molecule has 0 saturated carbocycles. The number of hydrogen-bond acceptors (Lipinski definition) is 5. The second-order valence-corrected chi connectivity index (χ2v) is 5.65. The zero-order valence-electron chi connectivity index (χ0n) is 11.4. The molecule has 1 aromatic carbocycles. The average molecular weight is 369 g/mol. The summed E-state index contributed by atoms with van der Waals surface area (Å²) in [7, 11) is 3.13. The molecule has 110 valence electrons. The standard InChI is InChI=1S/C14H13BrN2O3S/c1-19-11-8-9(7-10(15)13(11)20-2)3-4-12(18)17-14-16-5-6-21-14/h3-8H,1-2H3,(H,16,17,18). The summed E-state index contributed by atoms with van der Waals surface area (Å²) in [6.45, 7) is 0. The van der Waals surface area contributed by atoms with Crippen molar-refractivity contribution in [1.82, 2.24) is 4.98 Å². The number of aromatic nitrogens is 1. The lowest BCUT2D eigenvalue weighted by molar-refractivity contribution is -0.111. The Hall–Kier alpha value is -1.86. The third-order valence-electron chi connectivity index (χ3n) is 2.55. The molecule has 0 aliphatic rings. The molecule has 1 amide bonds. The van der Waals surface area contributed by atoms with E-state index < -0.39 is 0 Å². The molecule has 0 aliphatic carbocycles. The third kappa shape index (κ3) is 4.05. The molecule has 21 heavy (non-hydrogen) atoms. The number of methoxy groups -OCH3 is 2. The van der Waals surface area contributed by atoms with E-state index >= 15 is 0 Å². The van der Waals surface area contributed by atoms with Gasteiger partial charge in [0.15, 0.2) is 16.6 Å². The molecule has 7 heteroatoms. The molecule has 0 atom stereocenters. The monoisotopic (exact) mass is 368 g/mol. The molecule has 1 aromatic heterocycles. The van der Waals surface area contributed by atoms with Crippen LogP contribution in [0.15, 0.2) is 34.3 Å². The average Bonchev–Trinajstić information content (AvgIpc) is 2.97. The fraction of sp³-hybridized carbons (Fsp3) is 0.143. The second-order valence-electron chi connectivity index (χ2n) is 3.90. The molecule has 0 saturated heterocycles. The maximum Gasteiger partial charge on any atom is 0.250 e. The molecule has 0 bridgehead atoms. The van der Waals surface area contributed by atoms with Gasteiger partial charge in [-0.3, -0.25) is 10.1 Å². The van der Waals surface area contributed by atoms with E-state index in [1.165, 1.54) is 17.4 Å². The van der Waals surface area contributed by atoms with Gasteiger partial charge in [-0.1, -0.05) is 0 Å². The van der Waals surface area contributed by atoms with Gasteiger partial charge in [-0.05, 0) is 39.7 Å². The summed E-state index contributed by atoms with van der Waals surface area (Å²) in [5.41, 5.74) is 0.814. The molecule has 2 aromatic rings. The van der Waals surface area contributed by atoms with Gasteiger partial charge in [0.25, 0.3) is 0 Å². The second kappa shape index (κ2) is 7.24. The first-order valence-electron chi connectivity index (χ1n) is 5.94. The zero-order valence-corrected chi connectivity index (χ0v) is 13.8. The predicted octanol–water partition coefficient (Wildman–Crippen LogP) is 3.57. The van der Waals surface area contributed by atoms with E-state index in [0.717, 1.165) is 10.0 Å². The van der Waals surface area contributed by atoms with Crippen LogP contribution >= 0.6 is 27.3 Å². The molecular formula is C14H13BrN2O3S. The van der Waals surface area contributed by atoms with Crippen LogP contribution < -0.4 is 14.8 Å². The summed E-state index contributed by atoms with van der Waals surface area (Å²) >= 11 is 4.77. The maximum absolute atomic E-state index is 11.7. The Balaban J connectivity index is 2.13. The van der Waals surface area contributed by atoms with Crippen molar-refractivity contribution in [2.45, 2.75) is 0 Å². The minimum atomic E-state index is -0.240. The first-order chi connectivity index (χ1) is 10.1. The Morgan fingerprint density at radius 2 is 2.19 bits per heavy atom. The van der Waals surface area contributed by atoms with Gasteiger partial charge in [0.2, 0.25) is 5.91 Å². The van der Waals surface area contributed by atoms with Crippen LogP contribution in [0, 0.1) is 0 Å². The Kier molecular flexibility index (Phi) is 5.35. The predicted molar refractivity (Wildman–Crippen MR) is 87.0 cm³/mol. The fourth-order valence-corrected chi connectivity index (χ4v) is 2.79. The van der Waals surface area contributed by atoms with Gasteiger partial charge < -0.3 is 9.47 Å². The number of carbonyl (C=O) groups is 1. The molecule has 0 radical (unpaired) electrons. The number of ether oxygens (including phenoxy) is 2. The molecule has 0 unspecified atom stereocenters. The summed E-state index contributed by atoms with van der Waals surface area (Å²) < 4.78 is 11.2. The van der Waals surface area contributed by atoms with Crippen LogP contribution in [0.1, 0.15) is 5.56 Å². The number of halogens is 1. The van der Waals surface area contributed by atoms with E-state index in [9.17, 15) is 4.79 Å². The number of rotatable bonds is 5. The van der Waals surface area contributed by atoms with Crippen LogP contribution in [0.4, 0.5) is 5.13 Å². The van der Waals surface area contributed by atoms with Crippen LogP contribution in [0.5, 0.6) is 11.5 Å². The van der Waals surface area contributed by atoms with Gasteiger partial charge in [-0.25, -0.2) is 4.98 Å². The van der Waals surface area contributed by atoms with Gasteiger partial charge in [0, 0.05) is 17.7 Å². The van der Waals surface area contributed by atoms with Crippen molar-refractivity contribution in [3.05, 3.63) is 39.8 Å². The lowest BCUT2D eigenvalue weighted by Gasteiger charge is -2.10. The summed E-state index contributed by atoms with van der Waals surface area (Å²) in [6.07, 6.45) is 4.76. The molecule has 0 aliphatic heterocycles. The van der Waals surface area contributed by atoms with Gasteiger partial charge >= 0.3 is 0 Å². The largest absolute Gasteiger partial charge is 0.493 e. The minimum Gasteiger partial charge on any atom is -0.493 e. The highest BCUT2D eigenvalue weighted by molar-refractivity contribution is 9.10. The third-order valence-corrected chi connectivity index (χ3v) is 3.82. The number of amides is 1. The number of nitrogens with zero attached hydrogens (tertiary/aromatic N) is 1. The van der Waals surface area contributed by atoms with Crippen LogP contribution in [0.25, 0.3) is 6.08 Å². The Morgan fingerprint density at radius 3 is 2.81 bits per heavy atom. The lowest BCUT2D eigenvalue weighted by Crippen LogP contribution is -2.07.